The summed E-state index contributed by atoms with van der Waals surface area (Å²) in [5.41, 5.74) is 1.64. The van der Waals surface area contributed by atoms with Crippen molar-refractivity contribution in [3.05, 3.63) is 36.0 Å². The number of carbonyl (C=O) groups is 1. The molecule has 1 aliphatic rings. The minimum absolute atomic E-state index is 0.0507. The second kappa shape index (κ2) is 8.14. The van der Waals surface area contributed by atoms with Gasteiger partial charge in [-0.25, -0.2) is 9.97 Å². The van der Waals surface area contributed by atoms with Crippen molar-refractivity contribution in [2.75, 3.05) is 29.9 Å². The lowest BCUT2D eigenvalue weighted by Crippen LogP contribution is -2.32. The van der Waals surface area contributed by atoms with Crippen LogP contribution in [0.5, 0.6) is 0 Å². The summed E-state index contributed by atoms with van der Waals surface area (Å²) in [5, 5.41) is 3.98. The SMILES string of the molecule is CC(C)c1noc(CCCC(=O)N2CCCN(C)c3nc4ccccc4nc32)n1. The fraction of sp³-hybridized carbons (Fsp3) is 0.476. The number of nitrogens with zero attached hydrogens (tertiary/aromatic N) is 6. The molecule has 0 radical (unpaired) electrons. The number of hydrogen-bond acceptors (Lipinski definition) is 7. The first-order valence-corrected chi connectivity index (χ1v) is 10.1. The molecule has 0 saturated heterocycles. The molecular formula is C21H26N6O2. The van der Waals surface area contributed by atoms with E-state index in [4.69, 9.17) is 14.5 Å². The van der Waals surface area contributed by atoms with Gasteiger partial charge in [0.2, 0.25) is 11.8 Å². The zero-order valence-corrected chi connectivity index (χ0v) is 17.1. The summed E-state index contributed by atoms with van der Waals surface area (Å²) >= 11 is 0. The van der Waals surface area contributed by atoms with E-state index in [2.05, 4.69) is 15.0 Å². The maximum Gasteiger partial charge on any atom is 0.228 e. The van der Waals surface area contributed by atoms with Crippen molar-refractivity contribution in [3.63, 3.8) is 0 Å². The highest BCUT2D eigenvalue weighted by molar-refractivity contribution is 5.96. The van der Waals surface area contributed by atoms with E-state index < -0.39 is 0 Å². The molecule has 0 aliphatic carbocycles. The van der Waals surface area contributed by atoms with Gasteiger partial charge in [0, 0.05) is 38.9 Å². The molecule has 0 bridgehead atoms. The highest BCUT2D eigenvalue weighted by atomic mass is 16.5. The Morgan fingerprint density at radius 2 is 1.83 bits per heavy atom. The van der Waals surface area contributed by atoms with E-state index in [1.54, 1.807) is 4.90 Å². The van der Waals surface area contributed by atoms with Crippen molar-refractivity contribution in [2.24, 2.45) is 0 Å². The predicted octanol–water partition coefficient (Wildman–Crippen LogP) is 3.33. The van der Waals surface area contributed by atoms with Gasteiger partial charge in [0.05, 0.1) is 11.0 Å². The minimum atomic E-state index is 0.0507. The van der Waals surface area contributed by atoms with Crippen LogP contribution in [0, 0.1) is 0 Å². The topological polar surface area (TPSA) is 88.3 Å². The number of amides is 1. The lowest BCUT2D eigenvalue weighted by molar-refractivity contribution is -0.118. The standard InChI is InChI=1S/C21H26N6O2/c1-14(2)19-24-17(29-25-19)10-6-11-18(28)27-13-7-12-26(3)20-21(27)23-16-9-5-4-8-15(16)22-20/h4-5,8-9,14H,6-7,10-13H2,1-3H3. The molecule has 8 heteroatoms. The molecule has 0 N–H and O–H groups in total. The first kappa shape index (κ1) is 19.3. The summed E-state index contributed by atoms with van der Waals surface area (Å²) < 4.78 is 5.28. The molecule has 0 unspecified atom stereocenters. The third-order valence-electron chi connectivity index (χ3n) is 5.11. The van der Waals surface area contributed by atoms with Gasteiger partial charge in [-0.1, -0.05) is 31.1 Å². The average Bonchev–Trinajstić information content (AvgIpc) is 3.13. The molecule has 29 heavy (non-hydrogen) atoms. The molecule has 1 aromatic carbocycles. The monoisotopic (exact) mass is 394 g/mol. The molecule has 1 amide bonds. The van der Waals surface area contributed by atoms with Gasteiger partial charge in [-0.2, -0.15) is 4.98 Å². The summed E-state index contributed by atoms with van der Waals surface area (Å²) in [7, 11) is 2.00. The summed E-state index contributed by atoms with van der Waals surface area (Å²) in [4.78, 5) is 30.8. The van der Waals surface area contributed by atoms with Crippen LogP contribution >= 0.6 is 0 Å². The van der Waals surface area contributed by atoms with Crippen LogP contribution in [-0.2, 0) is 11.2 Å². The number of rotatable bonds is 5. The largest absolute Gasteiger partial charge is 0.357 e. The highest BCUT2D eigenvalue weighted by Crippen LogP contribution is 2.30. The van der Waals surface area contributed by atoms with Crippen molar-refractivity contribution in [1.29, 1.82) is 0 Å². The molecular weight excluding hydrogens is 368 g/mol. The highest BCUT2D eigenvalue weighted by Gasteiger charge is 2.26. The van der Waals surface area contributed by atoms with Gasteiger partial charge in [-0.15, -0.1) is 0 Å². The second-order valence-corrected chi connectivity index (χ2v) is 7.73. The molecule has 4 rings (SSSR count). The van der Waals surface area contributed by atoms with E-state index in [1.165, 1.54) is 0 Å². The van der Waals surface area contributed by atoms with E-state index in [0.717, 1.165) is 29.8 Å². The van der Waals surface area contributed by atoms with Gasteiger partial charge >= 0.3 is 0 Å². The number of carbonyl (C=O) groups excluding carboxylic acids is 1. The van der Waals surface area contributed by atoms with Crippen molar-refractivity contribution in [3.8, 4) is 0 Å². The third-order valence-corrected chi connectivity index (χ3v) is 5.11. The Morgan fingerprint density at radius 3 is 2.52 bits per heavy atom. The molecule has 0 spiro atoms. The number of para-hydroxylation sites is 2. The normalized spacial score (nSPS) is 14.3. The van der Waals surface area contributed by atoms with Gasteiger partial charge in [0.15, 0.2) is 17.5 Å². The summed E-state index contributed by atoms with van der Waals surface area (Å²) in [6.45, 7) is 5.53. The van der Waals surface area contributed by atoms with Crippen molar-refractivity contribution in [2.45, 2.75) is 45.4 Å². The van der Waals surface area contributed by atoms with E-state index >= 15 is 0 Å². The van der Waals surface area contributed by atoms with Gasteiger partial charge in [-0.05, 0) is 25.0 Å². The van der Waals surface area contributed by atoms with Crippen molar-refractivity contribution < 1.29 is 9.32 Å². The van der Waals surface area contributed by atoms with Gasteiger partial charge in [0.25, 0.3) is 0 Å². The van der Waals surface area contributed by atoms with E-state index in [-0.39, 0.29) is 11.8 Å². The predicted molar refractivity (Wildman–Crippen MR) is 111 cm³/mol. The Hall–Kier alpha value is -3.03. The van der Waals surface area contributed by atoms with Crippen LogP contribution in [0.2, 0.25) is 0 Å². The summed E-state index contributed by atoms with van der Waals surface area (Å²) in [5.74, 6) is 2.98. The quantitative estimate of drug-likeness (QED) is 0.656. The zero-order chi connectivity index (χ0) is 20.4. The molecule has 8 nitrogen and oxygen atoms in total. The lowest BCUT2D eigenvalue weighted by Gasteiger charge is -2.22. The Bertz CT molecular complexity index is 1020. The number of anilines is 2. The van der Waals surface area contributed by atoms with Crippen LogP contribution in [0.4, 0.5) is 11.6 Å². The van der Waals surface area contributed by atoms with Gasteiger partial charge < -0.3 is 9.42 Å². The maximum absolute atomic E-state index is 13.0. The van der Waals surface area contributed by atoms with Gasteiger partial charge in [-0.3, -0.25) is 9.69 Å². The zero-order valence-electron chi connectivity index (χ0n) is 17.1. The Balaban J connectivity index is 1.50. The number of benzene rings is 1. The van der Waals surface area contributed by atoms with Crippen LogP contribution in [0.15, 0.2) is 28.8 Å². The van der Waals surface area contributed by atoms with Crippen LogP contribution in [0.3, 0.4) is 0 Å². The molecule has 0 fully saturated rings. The maximum atomic E-state index is 13.0. The Kier molecular flexibility index (Phi) is 5.42. The number of aromatic nitrogens is 4. The molecule has 0 saturated carbocycles. The van der Waals surface area contributed by atoms with Crippen LogP contribution in [-0.4, -0.2) is 46.2 Å². The molecule has 152 valence electrons. The first-order chi connectivity index (χ1) is 14.0. The van der Waals surface area contributed by atoms with E-state index in [0.29, 0.717) is 43.3 Å². The second-order valence-electron chi connectivity index (χ2n) is 7.73. The first-order valence-electron chi connectivity index (χ1n) is 10.1. The molecule has 3 aromatic rings. The smallest absolute Gasteiger partial charge is 0.228 e. The van der Waals surface area contributed by atoms with Crippen molar-refractivity contribution >= 4 is 28.6 Å². The summed E-state index contributed by atoms with van der Waals surface area (Å²) in [6, 6.07) is 7.76. The fourth-order valence-electron chi connectivity index (χ4n) is 3.47. The minimum Gasteiger partial charge on any atom is -0.357 e. The van der Waals surface area contributed by atoms with Crippen LogP contribution in [0.25, 0.3) is 11.0 Å². The fourth-order valence-corrected chi connectivity index (χ4v) is 3.47. The van der Waals surface area contributed by atoms with E-state index in [1.807, 2.05) is 45.2 Å². The number of hydrogen-bond donors (Lipinski definition) is 0. The van der Waals surface area contributed by atoms with Crippen LogP contribution < -0.4 is 9.80 Å². The number of aryl methyl sites for hydroxylation is 1. The molecule has 1 aliphatic heterocycles. The van der Waals surface area contributed by atoms with Crippen LogP contribution in [0.1, 0.15) is 50.7 Å². The molecule has 0 atom stereocenters. The Labute approximate surface area is 169 Å². The lowest BCUT2D eigenvalue weighted by atomic mass is 10.2. The van der Waals surface area contributed by atoms with Crippen molar-refractivity contribution in [1.82, 2.24) is 20.1 Å². The molecule has 2 aromatic heterocycles. The number of fused-ring (bicyclic) bond motifs is 2. The third kappa shape index (κ3) is 4.06. The average molecular weight is 394 g/mol. The van der Waals surface area contributed by atoms with E-state index in [9.17, 15) is 4.79 Å². The van der Waals surface area contributed by atoms with Gasteiger partial charge in [0.1, 0.15) is 0 Å². The Morgan fingerprint density at radius 1 is 1.10 bits per heavy atom. The summed E-state index contributed by atoms with van der Waals surface area (Å²) in [6.07, 6.45) is 2.52. The molecule has 3 heterocycles.